The van der Waals surface area contributed by atoms with Crippen molar-refractivity contribution in [1.82, 2.24) is 15.0 Å². The van der Waals surface area contributed by atoms with E-state index in [1.165, 1.54) is 11.1 Å². The highest BCUT2D eigenvalue weighted by atomic mass is 32.1. The molecule has 0 aliphatic heterocycles. The third-order valence-electron chi connectivity index (χ3n) is 3.97. The average molecular weight is 321 g/mol. The Kier molecular flexibility index (Phi) is 4.26. The fourth-order valence-corrected chi connectivity index (χ4v) is 4.05. The van der Waals surface area contributed by atoms with E-state index in [1.54, 1.807) is 23.3 Å². The highest BCUT2D eigenvalue weighted by molar-refractivity contribution is 7.11. The van der Waals surface area contributed by atoms with Gasteiger partial charge in [-0.15, -0.1) is 11.3 Å². The van der Waals surface area contributed by atoms with Gasteiger partial charge >= 0.3 is 0 Å². The van der Waals surface area contributed by atoms with Crippen molar-refractivity contribution in [2.24, 2.45) is 0 Å². The summed E-state index contributed by atoms with van der Waals surface area (Å²) in [4.78, 5) is 20.3. The number of rotatable bonds is 4. The third-order valence-corrected chi connectivity index (χ3v) is 5.09. The van der Waals surface area contributed by atoms with Crippen LogP contribution in [0.15, 0.2) is 10.8 Å². The van der Waals surface area contributed by atoms with Gasteiger partial charge < -0.3 is 14.2 Å². The Balaban J connectivity index is 1.86. The fourth-order valence-electron chi connectivity index (χ4n) is 2.90. The van der Waals surface area contributed by atoms with Crippen molar-refractivity contribution in [3.05, 3.63) is 33.1 Å². The van der Waals surface area contributed by atoms with Crippen molar-refractivity contribution < 1.29 is 14.1 Å². The molecule has 0 N–H and O–H groups in total. The van der Waals surface area contributed by atoms with Crippen molar-refractivity contribution in [2.75, 3.05) is 14.2 Å². The van der Waals surface area contributed by atoms with Gasteiger partial charge in [0.25, 0.3) is 5.91 Å². The summed E-state index contributed by atoms with van der Waals surface area (Å²) in [6.45, 7) is 2.28. The molecule has 1 aliphatic carbocycles. The van der Waals surface area contributed by atoms with Gasteiger partial charge in [0.05, 0.1) is 28.2 Å². The number of nitrogens with zero attached hydrogens (tertiary/aromatic N) is 3. The van der Waals surface area contributed by atoms with E-state index in [0.717, 1.165) is 30.0 Å². The predicted molar refractivity (Wildman–Crippen MR) is 81.8 cm³/mol. The van der Waals surface area contributed by atoms with Gasteiger partial charge in [0.15, 0.2) is 0 Å². The van der Waals surface area contributed by atoms with Crippen molar-refractivity contribution in [3.8, 4) is 0 Å². The van der Waals surface area contributed by atoms with Crippen LogP contribution < -0.4 is 0 Å². The summed E-state index contributed by atoms with van der Waals surface area (Å²) in [5.74, 6) is -0.0859. The molecular formula is C15H19N3O3S. The normalized spacial score (nSPS) is 17.3. The van der Waals surface area contributed by atoms with E-state index in [9.17, 15) is 4.79 Å². The molecule has 2 aromatic rings. The number of hydrogen-bond acceptors (Lipinski definition) is 6. The van der Waals surface area contributed by atoms with Crippen LogP contribution in [-0.4, -0.2) is 35.1 Å². The number of methoxy groups -OCH3 is 1. The molecule has 0 saturated carbocycles. The predicted octanol–water partition coefficient (Wildman–Crippen LogP) is 2.74. The molecule has 1 amide bonds. The first-order chi connectivity index (χ1) is 10.6. The molecule has 6 nitrogen and oxygen atoms in total. The summed E-state index contributed by atoms with van der Waals surface area (Å²) in [6, 6.07) is 0.0766. The Hall–Kier alpha value is -1.73. The fraction of sp³-hybridized carbons (Fsp3) is 0.533. The lowest BCUT2D eigenvalue weighted by Gasteiger charge is -2.30. The van der Waals surface area contributed by atoms with E-state index in [2.05, 4.69) is 10.1 Å². The average Bonchev–Trinajstić information content (AvgIpc) is 3.11. The molecule has 2 heterocycles. The van der Waals surface area contributed by atoms with Crippen LogP contribution in [0.4, 0.5) is 0 Å². The molecule has 0 aromatic carbocycles. The van der Waals surface area contributed by atoms with Crippen LogP contribution in [0.25, 0.3) is 0 Å². The number of fused-ring (bicyclic) bond motifs is 1. The Morgan fingerprint density at radius 2 is 2.41 bits per heavy atom. The van der Waals surface area contributed by atoms with Crippen LogP contribution in [0.2, 0.25) is 0 Å². The van der Waals surface area contributed by atoms with Gasteiger partial charge in [-0.3, -0.25) is 4.79 Å². The van der Waals surface area contributed by atoms with E-state index in [4.69, 9.17) is 9.26 Å². The van der Waals surface area contributed by atoms with Gasteiger partial charge in [0.1, 0.15) is 17.5 Å². The van der Waals surface area contributed by atoms with Crippen LogP contribution >= 0.6 is 11.3 Å². The van der Waals surface area contributed by atoms with E-state index in [1.807, 2.05) is 14.0 Å². The molecule has 1 unspecified atom stereocenters. The van der Waals surface area contributed by atoms with Gasteiger partial charge in [-0.2, -0.15) is 0 Å². The summed E-state index contributed by atoms with van der Waals surface area (Å²) in [5, 5.41) is 4.90. The summed E-state index contributed by atoms with van der Waals surface area (Å²) in [5.41, 5.74) is 2.15. The zero-order chi connectivity index (χ0) is 15.7. The first-order valence-electron chi connectivity index (χ1n) is 7.27. The number of ether oxygens (including phenoxy) is 1. The third kappa shape index (κ3) is 2.66. The van der Waals surface area contributed by atoms with E-state index >= 15 is 0 Å². The van der Waals surface area contributed by atoms with E-state index < -0.39 is 0 Å². The Labute approximate surface area is 133 Å². The molecule has 0 radical (unpaired) electrons. The molecule has 0 fully saturated rings. The monoisotopic (exact) mass is 321 g/mol. The Morgan fingerprint density at radius 1 is 1.59 bits per heavy atom. The highest BCUT2D eigenvalue weighted by Gasteiger charge is 2.31. The van der Waals surface area contributed by atoms with Gasteiger partial charge in [-0.25, -0.2) is 4.98 Å². The van der Waals surface area contributed by atoms with Crippen LogP contribution in [0.5, 0.6) is 0 Å². The number of thiazole rings is 1. The number of amides is 1. The van der Waals surface area contributed by atoms with Gasteiger partial charge in [-0.05, 0) is 26.2 Å². The molecule has 0 bridgehead atoms. The van der Waals surface area contributed by atoms with Crippen molar-refractivity contribution in [3.63, 3.8) is 0 Å². The molecule has 2 aromatic heterocycles. The topological polar surface area (TPSA) is 68.5 Å². The van der Waals surface area contributed by atoms with Crippen LogP contribution in [0.1, 0.15) is 50.5 Å². The van der Waals surface area contributed by atoms with E-state index in [0.29, 0.717) is 11.3 Å². The summed E-state index contributed by atoms with van der Waals surface area (Å²) >= 11 is 1.69. The van der Waals surface area contributed by atoms with Gasteiger partial charge in [-0.1, -0.05) is 5.16 Å². The molecule has 118 valence electrons. The maximum absolute atomic E-state index is 12.8. The summed E-state index contributed by atoms with van der Waals surface area (Å²) in [7, 11) is 3.40. The van der Waals surface area contributed by atoms with Gasteiger partial charge in [0, 0.05) is 14.2 Å². The minimum Gasteiger partial charge on any atom is -0.378 e. The number of carbonyl (C=O) groups excluding carboxylic acids is 1. The van der Waals surface area contributed by atoms with Gasteiger partial charge in [0.2, 0.25) is 0 Å². The molecule has 0 saturated heterocycles. The van der Waals surface area contributed by atoms with E-state index in [-0.39, 0.29) is 18.6 Å². The van der Waals surface area contributed by atoms with Crippen molar-refractivity contribution in [1.29, 1.82) is 0 Å². The number of aryl methyl sites for hydroxylation is 2. The first kappa shape index (κ1) is 15.2. The second-order valence-corrected chi connectivity index (χ2v) is 6.71. The first-order valence-corrected chi connectivity index (χ1v) is 8.09. The summed E-state index contributed by atoms with van der Waals surface area (Å²) in [6.07, 6.45) is 4.41. The minimum absolute atomic E-state index is 0.0766. The molecule has 1 atom stereocenters. The second kappa shape index (κ2) is 6.18. The van der Waals surface area contributed by atoms with Crippen LogP contribution in [0.3, 0.4) is 0 Å². The molecule has 3 rings (SSSR count). The van der Waals surface area contributed by atoms with Crippen LogP contribution in [0, 0.1) is 6.92 Å². The lowest BCUT2D eigenvalue weighted by atomic mass is 9.96. The maximum Gasteiger partial charge on any atom is 0.259 e. The quantitative estimate of drug-likeness (QED) is 0.866. The molecule has 7 heteroatoms. The number of aromatic nitrogens is 2. The molecular weight excluding hydrogens is 302 g/mol. The zero-order valence-electron chi connectivity index (χ0n) is 13.0. The SMILES string of the molecule is COCc1nocc1C(=O)N(C)C1CCCc2nc(C)sc21. The van der Waals surface area contributed by atoms with Crippen molar-refractivity contribution in [2.45, 2.75) is 38.8 Å². The molecule has 22 heavy (non-hydrogen) atoms. The highest BCUT2D eigenvalue weighted by Crippen LogP contribution is 2.37. The minimum atomic E-state index is -0.0859. The molecule has 1 aliphatic rings. The second-order valence-electron chi connectivity index (χ2n) is 5.48. The number of hydrogen-bond donors (Lipinski definition) is 0. The Morgan fingerprint density at radius 3 is 3.18 bits per heavy atom. The standard InChI is InChI=1S/C15H19N3O3S/c1-9-16-11-5-4-6-13(14(11)22-9)18(2)15(19)10-7-21-17-12(10)8-20-3/h7,13H,4-6,8H2,1-3H3. The lowest BCUT2D eigenvalue weighted by Crippen LogP contribution is -2.33. The van der Waals surface area contributed by atoms with Crippen molar-refractivity contribution >= 4 is 17.2 Å². The lowest BCUT2D eigenvalue weighted by molar-refractivity contribution is 0.0713. The Bertz CT molecular complexity index is 679. The smallest absolute Gasteiger partial charge is 0.259 e. The molecule has 0 spiro atoms. The summed E-state index contributed by atoms with van der Waals surface area (Å²) < 4.78 is 10.0. The largest absolute Gasteiger partial charge is 0.378 e. The number of carbonyl (C=O) groups is 1. The zero-order valence-corrected chi connectivity index (χ0v) is 13.8. The maximum atomic E-state index is 12.8. The van der Waals surface area contributed by atoms with Crippen LogP contribution in [-0.2, 0) is 17.8 Å².